The minimum absolute atomic E-state index is 0.0855. The van der Waals surface area contributed by atoms with Crippen molar-refractivity contribution in [2.45, 2.75) is 20.3 Å². The van der Waals surface area contributed by atoms with E-state index in [1.807, 2.05) is 37.3 Å². The quantitative estimate of drug-likeness (QED) is 0.847. The van der Waals surface area contributed by atoms with Gasteiger partial charge in [-0.2, -0.15) is 0 Å². The van der Waals surface area contributed by atoms with Crippen molar-refractivity contribution in [2.75, 3.05) is 0 Å². The molecule has 3 nitrogen and oxygen atoms in total. The third kappa shape index (κ3) is 3.13. The van der Waals surface area contributed by atoms with E-state index in [2.05, 4.69) is 6.92 Å². The topological polar surface area (TPSA) is 57.5 Å². The summed E-state index contributed by atoms with van der Waals surface area (Å²) in [6, 6.07) is 12.8. The third-order valence-corrected chi connectivity index (χ3v) is 4.16. The largest absolute Gasteiger partial charge is 0.356 e. The van der Waals surface area contributed by atoms with E-state index in [1.54, 1.807) is 6.07 Å². The van der Waals surface area contributed by atoms with Gasteiger partial charge in [-0.1, -0.05) is 48.9 Å². The molecular formula is C15H17O3P. The van der Waals surface area contributed by atoms with Gasteiger partial charge >= 0.3 is 7.60 Å². The van der Waals surface area contributed by atoms with Gasteiger partial charge in [0, 0.05) is 0 Å². The highest BCUT2D eigenvalue weighted by Gasteiger charge is 2.22. The van der Waals surface area contributed by atoms with Gasteiger partial charge in [-0.3, -0.25) is 4.57 Å². The van der Waals surface area contributed by atoms with Crippen LogP contribution in [0.5, 0.6) is 0 Å². The van der Waals surface area contributed by atoms with Crippen molar-refractivity contribution in [2.24, 2.45) is 0 Å². The standard InChI is InChI=1S/C15H17O3P/c1-3-12-5-7-13(8-6-12)14-10-11(2)4-9-15(14)19(16,17)18/h4-10H,3H2,1-2H3,(H2,16,17,18). The lowest BCUT2D eigenvalue weighted by Crippen LogP contribution is -2.08. The van der Waals surface area contributed by atoms with E-state index in [0.717, 1.165) is 17.5 Å². The first-order chi connectivity index (χ1) is 8.91. The molecule has 100 valence electrons. The molecule has 0 atom stereocenters. The fraction of sp³-hybridized carbons (Fsp3) is 0.200. The zero-order chi connectivity index (χ0) is 14.0. The summed E-state index contributed by atoms with van der Waals surface area (Å²) in [5.74, 6) is 0. The van der Waals surface area contributed by atoms with E-state index in [-0.39, 0.29) is 5.30 Å². The molecule has 4 heteroatoms. The number of aryl methyl sites for hydroxylation is 2. The maximum Gasteiger partial charge on any atom is 0.356 e. The molecule has 0 bridgehead atoms. The SMILES string of the molecule is CCc1ccc(-c2cc(C)ccc2P(=O)(O)O)cc1. The fourth-order valence-corrected chi connectivity index (χ4v) is 2.83. The van der Waals surface area contributed by atoms with Crippen LogP contribution in [0.4, 0.5) is 0 Å². The van der Waals surface area contributed by atoms with E-state index in [4.69, 9.17) is 0 Å². The summed E-state index contributed by atoms with van der Waals surface area (Å²) in [6.07, 6.45) is 0.944. The first-order valence-corrected chi connectivity index (χ1v) is 7.79. The molecule has 0 saturated carbocycles. The van der Waals surface area contributed by atoms with Gasteiger partial charge in [0.2, 0.25) is 0 Å². The zero-order valence-electron chi connectivity index (χ0n) is 11.0. The van der Waals surface area contributed by atoms with Crippen molar-refractivity contribution < 1.29 is 14.4 Å². The smallest absolute Gasteiger partial charge is 0.321 e. The number of benzene rings is 2. The molecule has 0 radical (unpaired) electrons. The maximum atomic E-state index is 11.6. The van der Waals surface area contributed by atoms with Gasteiger partial charge in [-0.25, -0.2) is 0 Å². The summed E-state index contributed by atoms with van der Waals surface area (Å²) >= 11 is 0. The molecule has 2 aromatic carbocycles. The lowest BCUT2D eigenvalue weighted by Gasteiger charge is -2.12. The summed E-state index contributed by atoms with van der Waals surface area (Å²) in [6.45, 7) is 3.98. The Balaban J connectivity index is 2.59. The van der Waals surface area contributed by atoms with E-state index in [1.165, 1.54) is 11.6 Å². The van der Waals surface area contributed by atoms with Crippen LogP contribution in [0.3, 0.4) is 0 Å². The Morgan fingerprint density at radius 2 is 1.68 bits per heavy atom. The number of hydrogen-bond acceptors (Lipinski definition) is 1. The summed E-state index contributed by atoms with van der Waals surface area (Å²) in [5.41, 5.74) is 3.62. The third-order valence-electron chi connectivity index (χ3n) is 3.14. The summed E-state index contributed by atoms with van der Waals surface area (Å²) in [5, 5.41) is 0.0855. The summed E-state index contributed by atoms with van der Waals surface area (Å²) < 4.78 is 11.6. The van der Waals surface area contributed by atoms with Crippen LogP contribution in [0.25, 0.3) is 11.1 Å². The lowest BCUT2D eigenvalue weighted by atomic mass is 10.0. The zero-order valence-corrected chi connectivity index (χ0v) is 11.9. The van der Waals surface area contributed by atoms with Crippen LogP contribution >= 0.6 is 7.60 Å². The van der Waals surface area contributed by atoms with Crippen LogP contribution in [0.2, 0.25) is 0 Å². The van der Waals surface area contributed by atoms with E-state index < -0.39 is 7.60 Å². The predicted molar refractivity (Wildman–Crippen MR) is 77.7 cm³/mol. The Morgan fingerprint density at radius 3 is 2.21 bits per heavy atom. The highest BCUT2D eigenvalue weighted by atomic mass is 31.2. The van der Waals surface area contributed by atoms with Crippen molar-refractivity contribution in [3.63, 3.8) is 0 Å². The molecule has 0 aliphatic rings. The second kappa shape index (κ2) is 5.30. The average molecular weight is 276 g/mol. The van der Waals surface area contributed by atoms with Crippen LogP contribution in [0.15, 0.2) is 42.5 Å². The second-order valence-corrected chi connectivity index (χ2v) is 6.18. The van der Waals surface area contributed by atoms with Gasteiger partial charge in [-0.05, 0) is 36.1 Å². The lowest BCUT2D eigenvalue weighted by molar-refractivity contribution is 0.387. The predicted octanol–water partition coefficient (Wildman–Crippen LogP) is 3.03. The second-order valence-electron chi connectivity index (χ2n) is 4.62. The summed E-state index contributed by atoms with van der Waals surface area (Å²) in [4.78, 5) is 18.9. The monoisotopic (exact) mass is 276 g/mol. The molecule has 0 aromatic heterocycles. The van der Waals surface area contributed by atoms with Gasteiger partial charge in [0.05, 0.1) is 5.30 Å². The number of hydrogen-bond donors (Lipinski definition) is 2. The number of rotatable bonds is 3. The van der Waals surface area contributed by atoms with Crippen molar-refractivity contribution in [1.82, 2.24) is 0 Å². The van der Waals surface area contributed by atoms with Gasteiger partial charge in [-0.15, -0.1) is 0 Å². The molecule has 0 heterocycles. The van der Waals surface area contributed by atoms with Crippen LogP contribution in [0.1, 0.15) is 18.1 Å². The Bertz CT molecular complexity index is 626. The minimum Gasteiger partial charge on any atom is -0.321 e. The molecule has 19 heavy (non-hydrogen) atoms. The Hall–Kier alpha value is -1.41. The Morgan fingerprint density at radius 1 is 1.05 bits per heavy atom. The van der Waals surface area contributed by atoms with E-state index in [0.29, 0.717) is 5.56 Å². The van der Waals surface area contributed by atoms with Crippen molar-refractivity contribution in [3.8, 4) is 11.1 Å². The molecule has 2 N–H and O–H groups in total. The van der Waals surface area contributed by atoms with Crippen LogP contribution in [-0.2, 0) is 11.0 Å². The minimum atomic E-state index is -4.26. The van der Waals surface area contributed by atoms with Crippen LogP contribution in [-0.4, -0.2) is 9.79 Å². The van der Waals surface area contributed by atoms with E-state index >= 15 is 0 Å². The Labute approximate surface area is 113 Å². The molecule has 0 aliphatic carbocycles. The molecule has 0 unspecified atom stereocenters. The van der Waals surface area contributed by atoms with E-state index in [9.17, 15) is 14.4 Å². The van der Waals surface area contributed by atoms with Crippen LogP contribution < -0.4 is 5.30 Å². The Kier molecular flexibility index (Phi) is 3.91. The van der Waals surface area contributed by atoms with Crippen molar-refractivity contribution >= 4 is 12.9 Å². The first kappa shape index (κ1) is 14.0. The fourth-order valence-electron chi connectivity index (χ4n) is 2.06. The molecule has 0 aliphatic heterocycles. The molecule has 0 fully saturated rings. The average Bonchev–Trinajstić information content (AvgIpc) is 2.37. The molecular weight excluding hydrogens is 259 g/mol. The van der Waals surface area contributed by atoms with Crippen molar-refractivity contribution in [3.05, 3.63) is 53.6 Å². The van der Waals surface area contributed by atoms with Gasteiger partial charge < -0.3 is 9.79 Å². The first-order valence-electron chi connectivity index (χ1n) is 6.18. The highest BCUT2D eigenvalue weighted by molar-refractivity contribution is 7.60. The molecule has 2 aromatic rings. The molecule has 2 rings (SSSR count). The molecule has 0 amide bonds. The van der Waals surface area contributed by atoms with Crippen LogP contribution in [0, 0.1) is 6.92 Å². The molecule has 0 spiro atoms. The maximum absolute atomic E-state index is 11.6. The highest BCUT2D eigenvalue weighted by Crippen LogP contribution is 2.38. The molecule has 0 saturated heterocycles. The van der Waals surface area contributed by atoms with Gasteiger partial charge in [0.25, 0.3) is 0 Å². The van der Waals surface area contributed by atoms with Gasteiger partial charge in [0.15, 0.2) is 0 Å². The van der Waals surface area contributed by atoms with Gasteiger partial charge in [0.1, 0.15) is 0 Å². The normalized spacial score (nSPS) is 11.6. The van der Waals surface area contributed by atoms with Crippen molar-refractivity contribution in [1.29, 1.82) is 0 Å². The summed E-state index contributed by atoms with van der Waals surface area (Å²) in [7, 11) is -4.26.